The Morgan fingerprint density at radius 3 is 2.65 bits per heavy atom. The van der Waals surface area contributed by atoms with E-state index in [2.05, 4.69) is 43.6 Å². The van der Waals surface area contributed by atoms with Gasteiger partial charge in [0.25, 0.3) is 0 Å². The molecule has 0 unspecified atom stereocenters. The van der Waals surface area contributed by atoms with Crippen LogP contribution in [0.3, 0.4) is 0 Å². The van der Waals surface area contributed by atoms with Gasteiger partial charge >= 0.3 is 0 Å². The Labute approximate surface area is 105 Å². The minimum Gasteiger partial charge on any atom is -0.356 e. The second-order valence-corrected chi connectivity index (χ2v) is 5.43. The summed E-state index contributed by atoms with van der Waals surface area (Å²) in [6.45, 7) is 11.4. The van der Waals surface area contributed by atoms with Gasteiger partial charge in [0.15, 0.2) is 0 Å². The molecular weight excluding hydrogens is 210 g/mol. The highest BCUT2D eigenvalue weighted by atomic mass is 15.2. The lowest BCUT2D eigenvalue weighted by molar-refractivity contribution is 0.376. The Bertz CT molecular complexity index is 347. The van der Waals surface area contributed by atoms with Crippen molar-refractivity contribution in [3.63, 3.8) is 0 Å². The summed E-state index contributed by atoms with van der Waals surface area (Å²) in [7, 11) is 0. The molecular formula is C14H25N3. The Morgan fingerprint density at radius 2 is 2.12 bits per heavy atom. The molecule has 0 saturated heterocycles. The third-order valence-electron chi connectivity index (χ3n) is 2.95. The molecule has 0 aliphatic carbocycles. The predicted molar refractivity (Wildman–Crippen MR) is 74.3 cm³/mol. The van der Waals surface area contributed by atoms with Crippen LogP contribution >= 0.6 is 0 Å². The Balaban J connectivity index is 2.90. The van der Waals surface area contributed by atoms with Crippen molar-refractivity contribution < 1.29 is 0 Å². The summed E-state index contributed by atoms with van der Waals surface area (Å²) in [5.74, 6) is 1.09. The van der Waals surface area contributed by atoms with Crippen LogP contribution in [0.15, 0.2) is 18.3 Å². The van der Waals surface area contributed by atoms with Crippen molar-refractivity contribution in [1.82, 2.24) is 4.98 Å². The van der Waals surface area contributed by atoms with E-state index in [1.54, 1.807) is 0 Å². The van der Waals surface area contributed by atoms with Crippen LogP contribution in [0.5, 0.6) is 0 Å². The first-order chi connectivity index (χ1) is 8.00. The van der Waals surface area contributed by atoms with Crippen LogP contribution in [0.25, 0.3) is 0 Å². The maximum Gasteiger partial charge on any atom is 0.131 e. The van der Waals surface area contributed by atoms with E-state index in [4.69, 9.17) is 5.73 Å². The number of nitrogens with two attached hydrogens (primary N) is 1. The largest absolute Gasteiger partial charge is 0.356 e. The molecule has 0 atom stereocenters. The average molecular weight is 235 g/mol. The van der Waals surface area contributed by atoms with E-state index in [0.717, 1.165) is 25.3 Å². The van der Waals surface area contributed by atoms with Crippen LogP contribution in [0.1, 0.15) is 32.8 Å². The number of pyridine rings is 1. The van der Waals surface area contributed by atoms with Gasteiger partial charge in [0.1, 0.15) is 5.82 Å². The number of hydrogen-bond donors (Lipinski definition) is 1. The molecule has 1 heterocycles. The third kappa shape index (κ3) is 4.00. The van der Waals surface area contributed by atoms with Crippen molar-refractivity contribution in [3.8, 4) is 0 Å². The molecule has 0 aliphatic heterocycles. The van der Waals surface area contributed by atoms with Gasteiger partial charge in [-0.15, -0.1) is 0 Å². The molecule has 0 saturated carbocycles. The fourth-order valence-corrected chi connectivity index (χ4v) is 1.92. The molecule has 0 bridgehead atoms. The van der Waals surface area contributed by atoms with E-state index < -0.39 is 0 Å². The van der Waals surface area contributed by atoms with Crippen LogP contribution in [-0.2, 0) is 0 Å². The normalized spacial score (nSPS) is 11.6. The fourth-order valence-electron chi connectivity index (χ4n) is 1.92. The molecule has 17 heavy (non-hydrogen) atoms. The predicted octanol–water partition coefficient (Wildman–Crippen LogP) is 2.59. The summed E-state index contributed by atoms with van der Waals surface area (Å²) in [4.78, 5) is 6.85. The van der Waals surface area contributed by atoms with E-state index in [-0.39, 0.29) is 5.41 Å². The first-order valence-corrected chi connectivity index (χ1v) is 6.37. The van der Waals surface area contributed by atoms with Crippen LogP contribution in [0.2, 0.25) is 0 Å². The van der Waals surface area contributed by atoms with Gasteiger partial charge in [0, 0.05) is 19.3 Å². The first kappa shape index (κ1) is 14.0. The lowest BCUT2D eigenvalue weighted by Gasteiger charge is -2.33. The Kier molecular flexibility index (Phi) is 4.94. The zero-order valence-corrected chi connectivity index (χ0v) is 11.5. The number of aromatic nitrogens is 1. The second-order valence-electron chi connectivity index (χ2n) is 5.43. The van der Waals surface area contributed by atoms with Gasteiger partial charge in [-0.3, -0.25) is 0 Å². The van der Waals surface area contributed by atoms with E-state index in [1.165, 1.54) is 5.56 Å². The number of hydrogen-bond acceptors (Lipinski definition) is 3. The van der Waals surface area contributed by atoms with Gasteiger partial charge in [0.2, 0.25) is 0 Å². The molecule has 0 aromatic carbocycles. The summed E-state index contributed by atoms with van der Waals surface area (Å²) in [6.07, 6.45) is 2.98. The zero-order chi connectivity index (χ0) is 12.9. The molecule has 3 nitrogen and oxygen atoms in total. The van der Waals surface area contributed by atoms with Crippen molar-refractivity contribution in [1.29, 1.82) is 0 Å². The molecule has 0 radical (unpaired) electrons. The van der Waals surface area contributed by atoms with Crippen molar-refractivity contribution in [2.45, 2.75) is 34.1 Å². The van der Waals surface area contributed by atoms with Crippen LogP contribution < -0.4 is 10.6 Å². The molecule has 3 heteroatoms. The Hall–Kier alpha value is -1.09. The summed E-state index contributed by atoms with van der Waals surface area (Å²) in [5, 5.41) is 0. The van der Waals surface area contributed by atoms with E-state index in [1.807, 2.05) is 12.3 Å². The minimum atomic E-state index is 0.124. The SMILES string of the molecule is CCCN(CC(C)(C)CN)c1ncccc1C. The van der Waals surface area contributed by atoms with Crippen molar-refractivity contribution in [3.05, 3.63) is 23.9 Å². The number of anilines is 1. The van der Waals surface area contributed by atoms with Crippen molar-refractivity contribution >= 4 is 5.82 Å². The Morgan fingerprint density at radius 1 is 1.41 bits per heavy atom. The summed E-state index contributed by atoms with van der Waals surface area (Å²) < 4.78 is 0. The summed E-state index contributed by atoms with van der Waals surface area (Å²) >= 11 is 0. The standard InChI is InChI=1S/C14H25N3/c1-5-9-17(11-14(3,4)10-15)13-12(2)7-6-8-16-13/h6-8H,5,9-11,15H2,1-4H3. The minimum absolute atomic E-state index is 0.124. The molecule has 0 amide bonds. The molecule has 1 aromatic heterocycles. The van der Waals surface area contributed by atoms with Gasteiger partial charge in [0.05, 0.1) is 0 Å². The van der Waals surface area contributed by atoms with Crippen molar-refractivity contribution in [2.75, 3.05) is 24.5 Å². The highest BCUT2D eigenvalue weighted by Crippen LogP contribution is 2.22. The lowest BCUT2D eigenvalue weighted by atomic mass is 9.93. The third-order valence-corrected chi connectivity index (χ3v) is 2.95. The number of nitrogens with zero attached hydrogens (tertiary/aromatic N) is 2. The van der Waals surface area contributed by atoms with Gasteiger partial charge in [-0.1, -0.05) is 26.8 Å². The van der Waals surface area contributed by atoms with Crippen molar-refractivity contribution in [2.24, 2.45) is 11.1 Å². The van der Waals surface area contributed by atoms with E-state index >= 15 is 0 Å². The molecule has 1 aromatic rings. The summed E-state index contributed by atoms with van der Waals surface area (Å²) in [5.41, 5.74) is 7.17. The van der Waals surface area contributed by atoms with Gasteiger partial charge in [-0.05, 0) is 36.9 Å². The first-order valence-electron chi connectivity index (χ1n) is 6.37. The van der Waals surface area contributed by atoms with E-state index in [9.17, 15) is 0 Å². The van der Waals surface area contributed by atoms with Gasteiger partial charge < -0.3 is 10.6 Å². The number of aryl methyl sites for hydroxylation is 1. The highest BCUT2D eigenvalue weighted by molar-refractivity contribution is 5.46. The van der Waals surface area contributed by atoms with Crippen LogP contribution in [-0.4, -0.2) is 24.6 Å². The maximum absolute atomic E-state index is 5.82. The molecule has 1 rings (SSSR count). The molecule has 96 valence electrons. The lowest BCUT2D eigenvalue weighted by Crippen LogP contribution is -2.40. The molecule has 0 fully saturated rings. The molecule has 2 N–H and O–H groups in total. The molecule has 0 spiro atoms. The fraction of sp³-hybridized carbons (Fsp3) is 0.643. The van der Waals surface area contributed by atoms with Gasteiger partial charge in [-0.2, -0.15) is 0 Å². The smallest absolute Gasteiger partial charge is 0.131 e. The van der Waals surface area contributed by atoms with Crippen LogP contribution in [0.4, 0.5) is 5.82 Å². The van der Waals surface area contributed by atoms with E-state index in [0.29, 0.717) is 6.54 Å². The molecule has 0 aliphatic rings. The topological polar surface area (TPSA) is 42.1 Å². The van der Waals surface area contributed by atoms with Crippen LogP contribution in [0, 0.1) is 12.3 Å². The maximum atomic E-state index is 5.82. The zero-order valence-electron chi connectivity index (χ0n) is 11.5. The highest BCUT2D eigenvalue weighted by Gasteiger charge is 2.21. The number of rotatable bonds is 6. The van der Waals surface area contributed by atoms with Gasteiger partial charge in [-0.25, -0.2) is 4.98 Å². The average Bonchev–Trinajstić information content (AvgIpc) is 2.29. The summed E-state index contributed by atoms with van der Waals surface area (Å²) in [6, 6.07) is 4.09. The monoisotopic (exact) mass is 235 g/mol. The second kappa shape index (κ2) is 6.01. The quantitative estimate of drug-likeness (QED) is 0.824.